The zero-order chi connectivity index (χ0) is 12.1. The minimum atomic E-state index is -3.87. The van der Waals surface area contributed by atoms with Crippen LogP contribution in [0.3, 0.4) is 0 Å². The third kappa shape index (κ3) is 1.50. The molecular weight excluding hydrogens is 254 g/mol. The second-order valence-electron chi connectivity index (χ2n) is 3.47. The lowest BCUT2D eigenvalue weighted by Gasteiger charge is -2.11. The van der Waals surface area contributed by atoms with Gasteiger partial charge in [-0.3, -0.25) is 4.79 Å². The molecule has 0 aromatic carbocycles. The van der Waals surface area contributed by atoms with Crippen LogP contribution in [0.5, 0.6) is 0 Å². The summed E-state index contributed by atoms with van der Waals surface area (Å²) in [5.41, 5.74) is 0.477. The first-order chi connectivity index (χ1) is 7.33. The van der Waals surface area contributed by atoms with Crippen LogP contribution in [0.2, 0.25) is 0 Å². The molecule has 1 aliphatic carbocycles. The summed E-state index contributed by atoms with van der Waals surface area (Å²) >= 11 is 0. The van der Waals surface area contributed by atoms with Gasteiger partial charge in [-0.05, 0) is 24.6 Å². The van der Waals surface area contributed by atoms with E-state index in [2.05, 4.69) is 0 Å². The summed E-state index contributed by atoms with van der Waals surface area (Å²) in [7, 11) is -6.48. The maximum absolute atomic E-state index is 11.5. The summed E-state index contributed by atoms with van der Waals surface area (Å²) in [4.78, 5) is 11.0. The maximum atomic E-state index is 11.5. The van der Waals surface area contributed by atoms with E-state index < -0.39 is 32.1 Å². The third-order valence-electron chi connectivity index (χ3n) is 2.31. The van der Waals surface area contributed by atoms with Crippen molar-refractivity contribution in [3.05, 3.63) is 22.6 Å². The summed E-state index contributed by atoms with van der Waals surface area (Å²) in [5, 5.41) is 0. The average Bonchev–Trinajstić information content (AvgIpc) is 2.36. The molecule has 0 radical (unpaired) electrons. The van der Waals surface area contributed by atoms with Gasteiger partial charge in [-0.1, -0.05) is 0 Å². The SMILES string of the molecule is CC1=CC(=S(=O)=O)C2C(=O)NS(=O)(=O)C2=C1. The van der Waals surface area contributed by atoms with Crippen LogP contribution in [0.25, 0.3) is 0 Å². The second kappa shape index (κ2) is 3.29. The van der Waals surface area contributed by atoms with Crippen LogP contribution in [0.1, 0.15) is 6.92 Å². The van der Waals surface area contributed by atoms with Gasteiger partial charge in [-0.15, -0.1) is 0 Å². The Morgan fingerprint density at radius 2 is 1.94 bits per heavy atom. The van der Waals surface area contributed by atoms with Gasteiger partial charge in [0.25, 0.3) is 10.0 Å². The molecule has 1 fully saturated rings. The molecule has 0 aromatic rings. The zero-order valence-electron chi connectivity index (χ0n) is 8.09. The predicted molar refractivity (Wildman–Crippen MR) is 56.3 cm³/mol. The number of amides is 1. The molecule has 16 heavy (non-hydrogen) atoms. The van der Waals surface area contributed by atoms with Gasteiger partial charge in [0.1, 0.15) is 5.92 Å². The van der Waals surface area contributed by atoms with Crippen LogP contribution in [-0.4, -0.2) is 27.6 Å². The molecule has 2 aliphatic rings. The van der Waals surface area contributed by atoms with Crippen LogP contribution in [-0.2, 0) is 25.1 Å². The molecule has 1 aliphatic heterocycles. The Labute approximate surface area is 93.2 Å². The highest BCUT2D eigenvalue weighted by atomic mass is 32.2. The summed E-state index contributed by atoms with van der Waals surface area (Å²) in [6.07, 6.45) is 2.59. The van der Waals surface area contributed by atoms with Crippen molar-refractivity contribution in [1.82, 2.24) is 4.72 Å². The molecular formula is C8H7NO5S2. The fourth-order valence-corrected chi connectivity index (χ4v) is 3.85. The lowest BCUT2D eigenvalue weighted by atomic mass is 9.96. The van der Waals surface area contributed by atoms with Crippen LogP contribution in [0, 0.1) is 5.92 Å². The standard InChI is InChI=1S/C8H7NO5S2/c1-4-2-5(15(11)12)7-6(3-4)16(13,14)9-8(7)10/h2-3,7H,1H3,(H,9,10). The maximum Gasteiger partial charge on any atom is 0.261 e. The number of hydrogen-bond acceptors (Lipinski definition) is 5. The number of nitrogens with one attached hydrogen (secondary N) is 1. The number of allylic oxidation sites excluding steroid dienone is 3. The molecule has 6 nitrogen and oxygen atoms in total. The van der Waals surface area contributed by atoms with Crippen LogP contribution < -0.4 is 4.72 Å². The number of carbonyl (C=O) groups is 1. The minimum Gasteiger partial charge on any atom is -0.273 e. The average molecular weight is 261 g/mol. The molecule has 86 valence electrons. The Balaban J connectivity index is 2.80. The van der Waals surface area contributed by atoms with Crippen LogP contribution in [0.15, 0.2) is 22.6 Å². The lowest BCUT2D eigenvalue weighted by molar-refractivity contribution is -0.119. The van der Waals surface area contributed by atoms with E-state index in [1.807, 2.05) is 0 Å². The number of carbonyl (C=O) groups excluding carboxylic acids is 1. The van der Waals surface area contributed by atoms with E-state index in [9.17, 15) is 21.6 Å². The number of rotatable bonds is 0. The highest BCUT2D eigenvalue weighted by Crippen LogP contribution is 2.30. The van der Waals surface area contributed by atoms with E-state index in [1.54, 1.807) is 11.6 Å². The van der Waals surface area contributed by atoms with E-state index in [0.29, 0.717) is 5.57 Å². The normalized spacial score (nSPS) is 26.7. The Morgan fingerprint density at radius 3 is 2.50 bits per heavy atom. The topological polar surface area (TPSA) is 97.4 Å². The molecule has 0 bridgehead atoms. The number of fused-ring (bicyclic) bond motifs is 1. The first kappa shape index (κ1) is 11.1. The molecule has 8 heteroatoms. The van der Waals surface area contributed by atoms with Crippen molar-refractivity contribution in [2.24, 2.45) is 5.92 Å². The molecule has 1 N–H and O–H groups in total. The summed E-state index contributed by atoms with van der Waals surface area (Å²) < 4.78 is 46.6. The Bertz CT molecular complexity index is 670. The third-order valence-corrected chi connectivity index (χ3v) is 4.49. The fourth-order valence-electron chi connectivity index (χ4n) is 1.68. The second-order valence-corrected chi connectivity index (χ2v) is 6.10. The van der Waals surface area contributed by atoms with Crippen molar-refractivity contribution in [2.75, 3.05) is 0 Å². The quantitative estimate of drug-likeness (QED) is 0.562. The van der Waals surface area contributed by atoms with Crippen LogP contribution >= 0.6 is 0 Å². The van der Waals surface area contributed by atoms with Crippen molar-refractivity contribution in [3.8, 4) is 0 Å². The molecule has 1 unspecified atom stereocenters. The van der Waals surface area contributed by atoms with E-state index in [4.69, 9.17) is 0 Å². The molecule has 0 spiro atoms. The van der Waals surface area contributed by atoms with E-state index in [-0.39, 0.29) is 9.77 Å². The van der Waals surface area contributed by atoms with Gasteiger partial charge in [0, 0.05) is 0 Å². The van der Waals surface area contributed by atoms with Gasteiger partial charge in [0.15, 0.2) is 0 Å². The van der Waals surface area contributed by atoms with E-state index >= 15 is 0 Å². The smallest absolute Gasteiger partial charge is 0.261 e. The molecule has 0 aromatic heterocycles. The zero-order valence-corrected chi connectivity index (χ0v) is 9.72. The predicted octanol–water partition coefficient (Wildman–Crippen LogP) is -1.04. The Kier molecular flexibility index (Phi) is 2.28. The van der Waals surface area contributed by atoms with Gasteiger partial charge in [-0.25, -0.2) is 13.1 Å². The Morgan fingerprint density at radius 1 is 1.31 bits per heavy atom. The van der Waals surface area contributed by atoms with Gasteiger partial charge in [0.05, 0.1) is 9.77 Å². The van der Waals surface area contributed by atoms with Gasteiger partial charge in [0.2, 0.25) is 16.2 Å². The van der Waals surface area contributed by atoms with Crippen LogP contribution in [0.4, 0.5) is 0 Å². The minimum absolute atomic E-state index is 0.197. The summed E-state index contributed by atoms with van der Waals surface area (Å²) in [6.45, 7) is 1.56. The summed E-state index contributed by atoms with van der Waals surface area (Å²) in [6, 6.07) is 0. The first-order valence-corrected chi connectivity index (χ1v) is 6.81. The largest absolute Gasteiger partial charge is 0.273 e. The van der Waals surface area contributed by atoms with Gasteiger partial charge in [-0.2, -0.15) is 8.42 Å². The van der Waals surface area contributed by atoms with Crippen molar-refractivity contribution in [2.45, 2.75) is 6.92 Å². The van der Waals surface area contributed by atoms with Crippen molar-refractivity contribution in [1.29, 1.82) is 0 Å². The van der Waals surface area contributed by atoms with Gasteiger partial charge < -0.3 is 0 Å². The molecule has 1 heterocycles. The fraction of sp³-hybridized carbons (Fsp3) is 0.250. The van der Waals surface area contributed by atoms with Crippen molar-refractivity contribution in [3.63, 3.8) is 0 Å². The molecule has 1 atom stereocenters. The van der Waals surface area contributed by atoms with E-state index in [0.717, 1.165) is 0 Å². The first-order valence-electron chi connectivity index (χ1n) is 4.25. The molecule has 2 rings (SSSR count). The highest BCUT2D eigenvalue weighted by Gasteiger charge is 2.45. The summed E-state index contributed by atoms with van der Waals surface area (Å²) in [5.74, 6) is -2.05. The van der Waals surface area contributed by atoms with E-state index in [1.165, 1.54) is 12.2 Å². The molecule has 0 saturated carbocycles. The monoisotopic (exact) mass is 261 g/mol. The number of hydrogen-bond donors (Lipinski definition) is 1. The highest BCUT2D eigenvalue weighted by molar-refractivity contribution is 7.94. The molecule has 1 amide bonds. The number of sulfonamides is 1. The lowest BCUT2D eigenvalue weighted by Crippen LogP contribution is -2.26. The van der Waals surface area contributed by atoms with Crippen molar-refractivity contribution >= 4 is 31.1 Å². The van der Waals surface area contributed by atoms with Gasteiger partial charge >= 0.3 is 0 Å². The molecule has 1 saturated heterocycles. The van der Waals surface area contributed by atoms with Crippen molar-refractivity contribution < 1.29 is 21.6 Å². The Hall–Kier alpha value is -1.41.